The average Bonchev–Trinajstić information content (AvgIpc) is 3.58. The fraction of sp³-hybridized carbons (Fsp3) is 0.250. The van der Waals surface area contributed by atoms with Gasteiger partial charge < -0.3 is 14.2 Å². The monoisotopic (exact) mass is 529 g/mol. The summed E-state index contributed by atoms with van der Waals surface area (Å²) in [5.41, 5.74) is 4.18. The summed E-state index contributed by atoms with van der Waals surface area (Å²) >= 11 is 0. The summed E-state index contributed by atoms with van der Waals surface area (Å²) < 4.78 is 5.65. The molecular formula is C28H24ClN5O4. The lowest BCUT2D eigenvalue weighted by atomic mass is 9.93. The van der Waals surface area contributed by atoms with Crippen molar-refractivity contribution in [3.63, 3.8) is 0 Å². The normalized spacial score (nSPS) is 20.3. The van der Waals surface area contributed by atoms with Gasteiger partial charge >= 0.3 is 0 Å². The Labute approximate surface area is 224 Å². The van der Waals surface area contributed by atoms with Crippen LogP contribution < -0.4 is 10.2 Å². The zero-order chi connectivity index (χ0) is 25.1. The Kier molecular flexibility index (Phi) is 5.87. The highest BCUT2D eigenvalue weighted by Crippen LogP contribution is 2.41. The summed E-state index contributed by atoms with van der Waals surface area (Å²) in [4.78, 5) is 52.6. The number of nitrogens with zero attached hydrogens (tertiary/aromatic N) is 4. The standard InChI is InChI=1S/C28H23N5O4.ClH/c34-26-21(19-15-29-14-17-7-12-37-25(17)19)22(27(35)31-26)23-18-6-4-5-16-13-20(33(24(16)18)11-8-30-23)28(36)32-9-2-1-3-10-32;/h4-8,11-12,14-15,20H,1-3,9-10,13H2,(H,31,34,35);1H. The Bertz CT molecular complexity index is 1600. The number of anilines is 1. The second kappa shape index (κ2) is 9.25. The predicted molar refractivity (Wildman–Crippen MR) is 144 cm³/mol. The molecule has 2 aromatic heterocycles. The second-order valence-corrected chi connectivity index (χ2v) is 9.66. The summed E-state index contributed by atoms with van der Waals surface area (Å²) in [5.74, 6) is -0.941. The van der Waals surface area contributed by atoms with Gasteiger partial charge in [-0.3, -0.25) is 29.7 Å². The van der Waals surface area contributed by atoms with Crippen molar-refractivity contribution in [1.82, 2.24) is 15.2 Å². The number of para-hydroxylation sites is 1. The first-order valence-corrected chi connectivity index (χ1v) is 12.5. The van der Waals surface area contributed by atoms with Crippen molar-refractivity contribution < 1.29 is 18.8 Å². The molecule has 9 nitrogen and oxygen atoms in total. The first-order valence-electron chi connectivity index (χ1n) is 12.5. The fourth-order valence-corrected chi connectivity index (χ4v) is 5.88. The molecule has 38 heavy (non-hydrogen) atoms. The first-order chi connectivity index (χ1) is 18.1. The highest BCUT2D eigenvalue weighted by Gasteiger charge is 2.42. The highest BCUT2D eigenvalue weighted by atomic mass is 35.5. The minimum absolute atomic E-state index is 0. The van der Waals surface area contributed by atoms with E-state index in [9.17, 15) is 14.4 Å². The number of imide groups is 1. The molecule has 1 saturated heterocycles. The van der Waals surface area contributed by atoms with Crippen LogP contribution in [0, 0.1) is 0 Å². The Morgan fingerprint density at radius 3 is 2.66 bits per heavy atom. The van der Waals surface area contributed by atoms with E-state index in [2.05, 4.69) is 15.3 Å². The van der Waals surface area contributed by atoms with Crippen LogP contribution in [0.4, 0.5) is 5.69 Å². The van der Waals surface area contributed by atoms with Crippen molar-refractivity contribution in [3.8, 4) is 0 Å². The van der Waals surface area contributed by atoms with Gasteiger partial charge in [-0.15, -0.1) is 12.4 Å². The Morgan fingerprint density at radius 1 is 1.00 bits per heavy atom. The van der Waals surface area contributed by atoms with Gasteiger partial charge in [-0.25, -0.2) is 0 Å². The molecule has 1 N–H and O–H groups in total. The summed E-state index contributed by atoms with van der Waals surface area (Å²) in [6.07, 6.45) is 11.9. The number of pyridine rings is 1. The van der Waals surface area contributed by atoms with E-state index in [0.29, 0.717) is 28.8 Å². The maximum Gasteiger partial charge on any atom is 0.261 e. The predicted octanol–water partition coefficient (Wildman–Crippen LogP) is 3.38. The number of nitrogens with one attached hydrogen (secondary N) is 1. The van der Waals surface area contributed by atoms with Crippen LogP contribution in [0.2, 0.25) is 0 Å². The van der Waals surface area contributed by atoms with Gasteiger partial charge in [0.1, 0.15) is 11.6 Å². The number of carbonyl (C=O) groups excluding carboxylic acids is 3. The number of hydrogen-bond acceptors (Lipinski definition) is 7. The van der Waals surface area contributed by atoms with E-state index in [-0.39, 0.29) is 35.5 Å². The Balaban J connectivity index is 0.00000264. The molecule has 1 aromatic carbocycles. The number of aliphatic imine (C=N–C) groups is 1. The minimum atomic E-state index is -0.527. The van der Waals surface area contributed by atoms with Gasteiger partial charge in [0.05, 0.1) is 28.8 Å². The topological polar surface area (TPSA) is 108 Å². The van der Waals surface area contributed by atoms with Crippen LogP contribution in [0.5, 0.6) is 0 Å². The molecule has 0 spiro atoms. The van der Waals surface area contributed by atoms with Crippen LogP contribution in [0.1, 0.15) is 36.0 Å². The van der Waals surface area contributed by atoms with Crippen LogP contribution in [-0.2, 0) is 20.8 Å². The summed E-state index contributed by atoms with van der Waals surface area (Å²) in [5, 5.41) is 3.16. The second-order valence-electron chi connectivity index (χ2n) is 9.66. The summed E-state index contributed by atoms with van der Waals surface area (Å²) in [7, 11) is 0. The van der Waals surface area contributed by atoms with Gasteiger partial charge in [0.25, 0.3) is 11.8 Å². The van der Waals surface area contributed by atoms with Crippen molar-refractivity contribution in [1.29, 1.82) is 0 Å². The van der Waals surface area contributed by atoms with Crippen molar-refractivity contribution in [2.45, 2.75) is 31.7 Å². The molecule has 4 aliphatic heterocycles. The third kappa shape index (κ3) is 3.57. The van der Waals surface area contributed by atoms with E-state index < -0.39 is 11.8 Å². The van der Waals surface area contributed by atoms with Crippen LogP contribution in [-0.4, -0.2) is 52.4 Å². The molecule has 10 heteroatoms. The zero-order valence-electron chi connectivity index (χ0n) is 20.3. The van der Waals surface area contributed by atoms with Crippen LogP contribution in [0.25, 0.3) is 16.5 Å². The first kappa shape index (κ1) is 24.1. The number of carbonyl (C=O) groups is 3. The van der Waals surface area contributed by atoms with Crippen LogP contribution in [0.3, 0.4) is 0 Å². The summed E-state index contributed by atoms with van der Waals surface area (Å²) in [6, 6.07) is 7.19. The molecule has 6 heterocycles. The molecular weight excluding hydrogens is 506 g/mol. The van der Waals surface area contributed by atoms with Gasteiger partial charge in [-0.05, 0) is 30.9 Å². The number of fused-ring (bicyclic) bond motifs is 1. The quantitative estimate of drug-likeness (QED) is 0.521. The molecule has 192 valence electrons. The molecule has 7 rings (SSSR count). The van der Waals surface area contributed by atoms with Crippen molar-refractivity contribution in [2.24, 2.45) is 4.99 Å². The number of furan rings is 1. The SMILES string of the molecule is Cl.O=C1NC(=O)C(c2cncc3ccoc23)=C1C1=NC=CN2c3c(cccc31)CC2C(=O)N1CCCCC1. The maximum absolute atomic E-state index is 13.5. The van der Waals surface area contributed by atoms with Crippen molar-refractivity contribution in [3.05, 3.63) is 77.6 Å². The Morgan fingerprint density at radius 2 is 1.82 bits per heavy atom. The molecule has 0 radical (unpaired) electrons. The number of rotatable bonds is 3. The molecule has 0 saturated carbocycles. The van der Waals surface area contributed by atoms with Gasteiger partial charge in [-0.2, -0.15) is 0 Å². The van der Waals surface area contributed by atoms with Crippen molar-refractivity contribution >= 4 is 58.1 Å². The third-order valence-corrected chi connectivity index (χ3v) is 7.56. The Hall–Kier alpha value is -4.24. The molecule has 1 fully saturated rings. The number of amides is 3. The number of hydrogen-bond donors (Lipinski definition) is 1. The van der Waals surface area contributed by atoms with E-state index in [1.807, 2.05) is 28.0 Å². The zero-order valence-corrected chi connectivity index (χ0v) is 21.2. The molecule has 3 aromatic rings. The van der Waals surface area contributed by atoms with E-state index in [0.717, 1.165) is 49.0 Å². The molecule has 3 amide bonds. The smallest absolute Gasteiger partial charge is 0.261 e. The largest absolute Gasteiger partial charge is 0.464 e. The molecule has 4 aliphatic rings. The average molecular weight is 530 g/mol. The van der Waals surface area contributed by atoms with Crippen LogP contribution >= 0.6 is 12.4 Å². The number of piperidine rings is 1. The minimum Gasteiger partial charge on any atom is -0.464 e. The van der Waals surface area contributed by atoms with E-state index in [1.165, 1.54) is 12.5 Å². The van der Waals surface area contributed by atoms with E-state index >= 15 is 0 Å². The molecule has 1 atom stereocenters. The lowest BCUT2D eigenvalue weighted by molar-refractivity contribution is -0.133. The fourth-order valence-electron chi connectivity index (χ4n) is 5.88. The maximum atomic E-state index is 13.5. The molecule has 1 unspecified atom stereocenters. The van der Waals surface area contributed by atoms with E-state index in [4.69, 9.17) is 4.42 Å². The van der Waals surface area contributed by atoms with Gasteiger partial charge in [0.15, 0.2) is 0 Å². The van der Waals surface area contributed by atoms with E-state index in [1.54, 1.807) is 24.7 Å². The lowest BCUT2D eigenvalue weighted by Gasteiger charge is -2.32. The number of aromatic nitrogens is 1. The number of halogens is 1. The third-order valence-electron chi connectivity index (χ3n) is 7.56. The number of benzene rings is 1. The van der Waals surface area contributed by atoms with Crippen molar-refractivity contribution in [2.75, 3.05) is 18.0 Å². The lowest BCUT2D eigenvalue weighted by Crippen LogP contribution is -2.47. The van der Waals surface area contributed by atoms with Gasteiger partial charge in [0, 0.05) is 60.8 Å². The summed E-state index contributed by atoms with van der Waals surface area (Å²) in [6.45, 7) is 1.56. The van der Waals surface area contributed by atoms with Crippen LogP contribution in [0.15, 0.2) is 70.3 Å². The van der Waals surface area contributed by atoms with Gasteiger partial charge in [0.2, 0.25) is 5.91 Å². The molecule has 0 bridgehead atoms. The van der Waals surface area contributed by atoms with Gasteiger partial charge in [-0.1, -0.05) is 18.2 Å². The number of likely N-dealkylation sites (tertiary alicyclic amines) is 1. The highest BCUT2D eigenvalue weighted by molar-refractivity contribution is 6.48. The molecule has 0 aliphatic carbocycles.